The van der Waals surface area contributed by atoms with Gasteiger partial charge in [-0.15, -0.1) is 0 Å². The van der Waals surface area contributed by atoms with E-state index in [0.717, 1.165) is 32.0 Å². The molecular formula is C16H26N2O2. The van der Waals surface area contributed by atoms with Crippen LogP contribution < -0.4 is 10.2 Å². The van der Waals surface area contributed by atoms with Crippen LogP contribution in [0.2, 0.25) is 0 Å². The predicted octanol–water partition coefficient (Wildman–Crippen LogP) is 2.34. The second kappa shape index (κ2) is 6.46. The summed E-state index contributed by atoms with van der Waals surface area (Å²) >= 11 is 0. The van der Waals surface area contributed by atoms with Crippen LogP contribution in [0.1, 0.15) is 20.8 Å². The minimum Gasteiger partial charge on any atom is -0.388 e. The molecule has 1 aromatic rings. The van der Waals surface area contributed by atoms with E-state index in [1.807, 2.05) is 20.8 Å². The second-order valence-corrected chi connectivity index (χ2v) is 6.01. The normalized spacial score (nSPS) is 18.9. The zero-order chi connectivity index (χ0) is 14.6. The topological polar surface area (TPSA) is 44.7 Å². The van der Waals surface area contributed by atoms with Gasteiger partial charge in [-0.05, 0) is 37.1 Å². The molecule has 1 heterocycles. The summed E-state index contributed by atoms with van der Waals surface area (Å²) in [6, 6.07) is 8.39. The first-order chi connectivity index (χ1) is 9.49. The van der Waals surface area contributed by atoms with Gasteiger partial charge in [0.2, 0.25) is 0 Å². The standard InChI is InChI=1S/C16H26N2O2/c1-13(2)16(3,19)12-17-14-4-6-15(7-5-14)18-8-10-20-11-9-18/h4-7,13,17,19H,8-12H2,1-3H3. The van der Waals surface area contributed by atoms with Crippen LogP contribution in [-0.4, -0.2) is 43.6 Å². The van der Waals surface area contributed by atoms with Crippen molar-refractivity contribution in [1.29, 1.82) is 0 Å². The summed E-state index contributed by atoms with van der Waals surface area (Å²) in [4.78, 5) is 2.33. The van der Waals surface area contributed by atoms with Gasteiger partial charge < -0.3 is 20.1 Å². The molecule has 2 N–H and O–H groups in total. The summed E-state index contributed by atoms with van der Waals surface area (Å²) in [6.07, 6.45) is 0. The minimum absolute atomic E-state index is 0.225. The number of nitrogens with one attached hydrogen (secondary N) is 1. The Balaban J connectivity index is 1.91. The average Bonchev–Trinajstić information content (AvgIpc) is 2.46. The Hall–Kier alpha value is -1.26. The smallest absolute Gasteiger partial charge is 0.0813 e. The van der Waals surface area contributed by atoms with Crippen LogP contribution in [0.4, 0.5) is 11.4 Å². The molecular weight excluding hydrogens is 252 g/mol. The first-order valence-electron chi connectivity index (χ1n) is 7.38. The summed E-state index contributed by atoms with van der Waals surface area (Å²) < 4.78 is 5.36. The van der Waals surface area contributed by atoms with Crippen molar-refractivity contribution in [2.24, 2.45) is 5.92 Å². The molecule has 1 atom stereocenters. The number of rotatable bonds is 5. The zero-order valence-corrected chi connectivity index (χ0v) is 12.7. The molecule has 1 fully saturated rings. The van der Waals surface area contributed by atoms with Crippen LogP contribution in [0.5, 0.6) is 0 Å². The van der Waals surface area contributed by atoms with E-state index in [1.165, 1.54) is 5.69 Å². The first kappa shape index (κ1) is 15.1. The molecule has 1 aliphatic rings. The van der Waals surface area contributed by atoms with Gasteiger partial charge in [0, 0.05) is 31.0 Å². The van der Waals surface area contributed by atoms with E-state index < -0.39 is 5.60 Å². The fourth-order valence-electron chi connectivity index (χ4n) is 2.10. The Bertz CT molecular complexity index is 409. The van der Waals surface area contributed by atoms with Gasteiger partial charge in [0.15, 0.2) is 0 Å². The van der Waals surface area contributed by atoms with E-state index in [-0.39, 0.29) is 5.92 Å². The minimum atomic E-state index is -0.692. The van der Waals surface area contributed by atoms with Gasteiger partial charge in [-0.2, -0.15) is 0 Å². The van der Waals surface area contributed by atoms with Crippen molar-refractivity contribution in [1.82, 2.24) is 0 Å². The van der Waals surface area contributed by atoms with Crippen LogP contribution in [0.15, 0.2) is 24.3 Å². The van der Waals surface area contributed by atoms with E-state index in [1.54, 1.807) is 0 Å². The highest BCUT2D eigenvalue weighted by atomic mass is 16.5. The number of hydrogen-bond donors (Lipinski definition) is 2. The molecule has 2 rings (SSSR count). The summed E-state index contributed by atoms with van der Waals surface area (Å²) in [5.74, 6) is 0.225. The number of aliphatic hydroxyl groups is 1. The maximum Gasteiger partial charge on any atom is 0.0813 e. The molecule has 0 spiro atoms. The number of anilines is 2. The molecule has 0 radical (unpaired) electrons. The lowest BCUT2D eigenvalue weighted by Gasteiger charge is -2.30. The monoisotopic (exact) mass is 278 g/mol. The molecule has 4 heteroatoms. The molecule has 1 aromatic carbocycles. The van der Waals surface area contributed by atoms with E-state index in [2.05, 4.69) is 34.5 Å². The molecule has 20 heavy (non-hydrogen) atoms. The quantitative estimate of drug-likeness (QED) is 0.868. The van der Waals surface area contributed by atoms with Crippen molar-refractivity contribution in [3.8, 4) is 0 Å². The van der Waals surface area contributed by atoms with Crippen LogP contribution >= 0.6 is 0 Å². The molecule has 0 saturated carbocycles. The summed E-state index contributed by atoms with van der Waals surface area (Å²) in [6.45, 7) is 10.00. The van der Waals surface area contributed by atoms with E-state index >= 15 is 0 Å². The van der Waals surface area contributed by atoms with E-state index in [9.17, 15) is 5.11 Å². The summed E-state index contributed by atoms with van der Waals surface area (Å²) in [7, 11) is 0. The van der Waals surface area contributed by atoms with Crippen LogP contribution in [0.3, 0.4) is 0 Å². The summed E-state index contributed by atoms with van der Waals surface area (Å²) in [5.41, 5.74) is 1.58. The van der Waals surface area contributed by atoms with Crippen molar-refractivity contribution in [3.63, 3.8) is 0 Å². The Morgan fingerprint density at radius 3 is 2.40 bits per heavy atom. The number of ether oxygens (including phenoxy) is 1. The van der Waals surface area contributed by atoms with Gasteiger partial charge in [-0.3, -0.25) is 0 Å². The fourth-order valence-corrected chi connectivity index (χ4v) is 2.10. The third-order valence-corrected chi connectivity index (χ3v) is 4.14. The van der Waals surface area contributed by atoms with Crippen molar-refractivity contribution < 1.29 is 9.84 Å². The van der Waals surface area contributed by atoms with Crippen LogP contribution in [0.25, 0.3) is 0 Å². The first-order valence-corrected chi connectivity index (χ1v) is 7.38. The number of benzene rings is 1. The Labute approximate surface area is 121 Å². The maximum atomic E-state index is 10.2. The summed E-state index contributed by atoms with van der Waals surface area (Å²) in [5, 5.41) is 13.5. The fraction of sp³-hybridized carbons (Fsp3) is 0.625. The molecule has 4 nitrogen and oxygen atoms in total. The molecule has 1 saturated heterocycles. The Morgan fingerprint density at radius 2 is 1.85 bits per heavy atom. The average molecular weight is 278 g/mol. The van der Waals surface area contributed by atoms with Gasteiger partial charge in [0.05, 0.1) is 18.8 Å². The van der Waals surface area contributed by atoms with Gasteiger partial charge >= 0.3 is 0 Å². The van der Waals surface area contributed by atoms with Crippen molar-refractivity contribution >= 4 is 11.4 Å². The van der Waals surface area contributed by atoms with Crippen molar-refractivity contribution in [3.05, 3.63) is 24.3 Å². The van der Waals surface area contributed by atoms with E-state index in [0.29, 0.717) is 6.54 Å². The van der Waals surface area contributed by atoms with Crippen LogP contribution in [-0.2, 0) is 4.74 Å². The maximum absolute atomic E-state index is 10.2. The number of morpholine rings is 1. The largest absolute Gasteiger partial charge is 0.388 e. The predicted molar refractivity (Wildman–Crippen MR) is 83.4 cm³/mol. The van der Waals surface area contributed by atoms with Crippen molar-refractivity contribution in [2.75, 3.05) is 43.1 Å². The van der Waals surface area contributed by atoms with Gasteiger partial charge in [0.25, 0.3) is 0 Å². The SMILES string of the molecule is CC(C)C(C)(O)CNc1ccc(N2CCOCC2)cc1. The highest BCUT2D eigenvalue weighted by Gasteiger charge is 2.24. The van der Waals surface area contributed by atoms with Crippen molar-refractivity contribution in [2.45, 2.75) is 26.4 Å². The van der Waals surface area contributed by atoms with Gasteiger partial charge in [0.1, 0.15) is 0 Å². The molecule has 0 amide bonds. The lowest BCUT2D eigenvalue weighted by Crippen LogP contribution is -2.38. The molecule has 1 unspecified atom stereocenters. The number of nitrogens with zero attached hydrogens (tertiary/aromatic N) is 1. The molecule has 0 aliphatic carbocycles. The molecule has 112 valence electrons. The Morgan fingerprint density at radius 1 is 1.25 bits per heavy atom. The molecule has 1 aliphatic heterocycles. The second-order valence-electron chi connectivity index (χ2n) is 6.01. The Kier molecular flexibility index (Phi) is 4.89. The lowest BCUT2D eigenvalue weighted by molar-refractivity contribution is 0.0266. The highest BCUT2D eigenvalue weighted by molar-refractivity contribution is 5.55. The van der Waals surface area contributed by atoms with Gasteiger partial charge in [-0.25, -0.2) is 0 Å². The highest BCUT2D eigenvalue weighted by Crippen LogP contribution is 2.21. The van der Waals surface area contributed by atoms with E-state index in [4.69, 9.17) is 4.74 Å². The third kappa shape index (κ3) is 3.87. The number of hydrogen-bond acceptors (Lipinski definition) is 4. The third-order valence-electron chi connectivity index (χ3n) is 4.14. The zero-order valence-electron chi connectivity index (χ0n) is 12.7. The van der Waals surface area contributed by atoms with Crippen LogP contribution in [0, 0.1) is 5.92 Å². The molecule has 0 bridgehead atoms. The molecule has 0 aromatic heterocycles. The van der Waals surface area contributed by atoms with Gasteiger partial charge in [-0.1, -0.05) is 13.8 Å². The lowest BCUT2D eigenvalue weighted by atomic mass is 9.92.